The van der Waals surface area contributed by atoms with E-state index >= 15 is 0 Å². The second-order valence-electron chi connectivity index (χ2n) is 6.03. The van der Waals surface area contributed by atoms with Crippen molar-refractivity contribution in [2.45, 2.75) is 50.8 Å². The molecule has 2 aliphatic rings. The number of thiazole rings is 1. The molecule has 0 amide bonds. The van der Waals surface area contributed by atoms with Crippen LogP contribution >= 0.6 is 11.3 Å². The van der Waals surface area contributed by atoms with Crippen LogP contribution in [-0.2, 0) is 24.1 Å². The molecular weight excluding hydrogens is 294 g/mol. The molecule has 5 heteroatoms. The third-order valence-electron chi connectivity index (χ3n) is 4.51. The number of fused-ring (bicyclic) bond motifs is 1. The largest absolute Gasteiger partial charge is 0.372 e. The summed E-state index contributed by atoms with van der Waals surface area (Å²) in [6.45, 7) is 1.70. The van der Waals surface area contributed by atoms with Gasteiger partial charge in [-0.2, -0.15) is 0 Å². The van der Waals surface area contributed by atoms with Gasteiger partial charge in [0.1, 0.15) is 5.01 Å². The summed E-state index contributed by atoms with van der Waals surface area (Å²) in [6.07, 6.45) is 9.75. The lowest BCUT2D eigenvalue weighted by Crippen LogP contribution is -2.39. The van der Waals surface area contributed by atoms with Crippen LogP contribution in [0.25, 0.3) is 0 Å². The van der Waals surface area contributed by atoms with E-state index < -0.39 is 0 Å². The smallest absolute Gasteiger partial charge is 0.107 e. The van der Waals surface area contributed by atoms with E-state index in [2.05, 4.69) is 22.4 Å². The van der Waals surface area contributed by atoms with E-state index in [1.807, 2.05) is 23.7 Å². The van der Waals surface area contributed by atoms with Crippen molar-refractivity contribution < 1.29 is 4.74 Å². The van der Waals surface area contributed by atoms with E-state index in [9.17, 15) is 0 Å². The van der Waals surface area contributed by atoms with Gasteiger partial charge < -0.3 is 10.1 Å². The zero-order valence-electron chi connectivity index (χ0n) is 12.6. The molecule has 0 spiro atoms. The van der Waals surface area contributed by atoms with E-state index in [1.165, 1.54) is 34.0 Å². The minimum absolute atomic E-state index is 0.128. The van der Waals surface area contributed by atoms with Crippen LogP contribution < -0.4 is 5.32 Å². The molecule has 4 nitrogen and oxygen atoms in total. The molecule has 1 saturated heterocycles. The van der Waals surface area contributed by atoms with Gasteiger partial charge in [-0.25, -0.2) is 4.98 Å². The predicted octanol–water partition coefficient (Wildman–Crippen LogP) is 3.04. The molecule has 3 heterocycles. The molecule has 2 aromatic heterocycles. The van der Waals surface area contributed by atoms with Crippen LogP contribution in [-0.4, -0.2) is 22.6 Å². The van der Waals surface area contributed by atoms with E-state index in [4.69, 9.17) is 9.72 Å². The summed E-state index contributed by atoms with van der Waals surface area (Å²) in [5.41, 5.74) is 2.56. The van der Waals surface area contributed by atoms with Crippen LogP contribution in [0.1, 0.15) is 46.5 Å². The number of rotatable bonds is 4. The Balaban J connectivity index is 1.43. The highest BCUT2D eigenvalue weighted by atomic mass is 32.1. The first kappa shape index (κ1) is 14.3. The second kappa shape index (κ2) is 6.44. The topological polar surface area (TPSA) is 47.0 Å². The van der Waals surface area contributed by atoms with Crippen LogP contribution in [0.15, 0.2) is 24.5 Å². The van der Waals surface area contributed by atoms with Crippen molar-refractivity contribution in [2.24, 2.45) is 0 Å². The molecule has 116 valence electrons. The van der Waals surface area contributed by atoms with Gasteiger partial charge in [-0.05, 0) is 49.8 Å². The third kappa shape index (κ3) is 2.93. The van der Waals surface area contributed by atoms with Crippen LogP contribution in [0.3, 0.4) is 0 Å². The van der Waals surface area contributed by atoms with Crippen LogP contribution in [0, 0.1) is 0 Å². The minimum Gasteiger partial charge on any atom is -0.372 e. The zero-order valence-corrected chi connectivity index (χ0v) is 13.4. The lowest BCUT2D eigenvalue weighted by molar-refractivity contribution is -0.0112. The first-order valence-corrected chi connectivity index (χ1v) is 8.94. The number of hydrogen-bond donors (Lipinski definition) is 1. The maximum absolute atomic E-state index is 6.02. The summed E-state index contributed by atoms with van der Waals surface area (Å²) in [5.74, 6) is 0. The number of ether oxygens (including phenoxy) is 1. The van der Waals surface area contributed by atoms with E-state index in [-0.39, 0.29) is 6.10 Å². The van der Waals surface area contributed by atoms with Crippen molar-refractivity contribution in [1.82, 2.24) is 15.3 Å². The van der Waals surface area contributed by atoms with Crippen LogP contribution in [0.5, 0.6) is 0 Å². The molecule has 0 unspecified atom stereocenters. The number of nitrogens with zero attached hydrogens (tertiary/aromatic N) is 2. The maximum atomic E-state index is 6.02. The minimum atomic E-state index is 0.128. The summed E-state index contributed by atoms with van der Waals surface area (Å²) in [5, 5.41) is 4.90. The molecule has 1 N–H and O–H groups in total. The number of aryl methyl sites for hydroxylation is 2. The molecule has 1 aliphatic heterocycles. The Morgan fingerprint density at radius 2 is 2.14 bits per heavy atom. The van der Waals surface area contributed by atoms with Gasteiger partial charge in [-0.1, -0.05) is 0 Å². The summed E-state index contributed by atoms with van der Waals surface area (Å²) in [4.78, 5) is 10.4. The van der Waals surface area contributed by atoms with Gasteiger partial charge in [0.15, 0.2) is 0 Å². The van der Waals surface area contributed by atoms with Crippen LogP contribution in [0.4, 0.5) is 0 Å². The number of aromatic nitrogens is 2. The summed E-state index contributed by atoms with van der Waals surface area (Å²) in [6, 6.07) is 4.47. The number of pyridine rings is 1. The summed E-state index contributed by atoms with van der Waals surface area (Å²) >= 11 is 1.88. The average molecular weight is 315 g/mol. The molecule has 22 heavy (non-hydrogen) atoms. The van der Waals surface area contributed by atoms with Gasteiger partial charge in [0, 0.05) is 36.5 Å². The lowest BCUT2D eigenvalue weighted by atomic mass is 9.97. The van der Waals surface area contributed by atoms with E-state index in [0.29, 0.717) is 6.04 Å². The molecular formula is C17H21N3OS. The van der Waals surface area contributed by atoms with Crippen molar-refractivity contribution in [3.05, 3.63) is 45.7 Å². The first-order valence-electron chi connectivity index (χ1n) is 8.12. The molecule has 1 aliphatic carbocycles. The third-order valence-corrected chi connectivity index (χ3v) is 5.67. The van der Waals surface area contributed by atoms with E-state index in [1.54, 1.807) is 0 Å². The average Bonchev–Trinajstić information content (AvgIpc) is 3.15. The zero-order chi connectivity index (χ0) is 14.8. The van der Waals surface area contributed by atoms with Gasteiger partial charge in [0.25, 0.3) is 0 Å². The second-order valence-corrected chi connectivity index (χ2v) is 7.20. The van der Waals surface area contributed by atoms with Gasteiger partial charge in [-0.3, -0.25) is 4.98 Å². The first-order chi connectivity index (χ1) is 10.9. The summed E-state index contributed by atoms with van der Waals surface area (Å²) in [7, 11) is 0. The fraction of sp³-hybridized carbons (Fsp3) is 0.529. The van der Waals surface area contributed by atoms with Crippen molar-refractivity contribution in [2.75, 3.05) is 6.61 Å². The monoisotopic (exact) mass is 315 g/mol. The highest BCUT2D eigenvalue weighted by Crippen LogP contribution is 2.30. The molecule has 0 radical (unpaired) electrons. The Morgan fingerprint density at radius 1 is 1.23 bits per heavy atom. The Hall–Kier alpha value is -1.30. The van der Waals surface area contributed by atoms with Gasteiger partial charge in [0.05, 0.1) is 11.8 Å². The lowest BCUT2D eigenvalue weighted by Gasteiger charge is -2.32. The number of hydrogen-bond acceptors (Lipinski definition) is 5. The molecule has 0 saturated carbocycles. The van der Waals surface area contributed by atoms with Crippen molar-refractivity contribution in [3.8, 4) is 0 Å². The molecule has 2 atom stereocenters. The standard InChI is InChI=1S/C17H21N3OS/c1-3-13-15(5-1)22-16(20-13)11-19-14-4-2-10-21-17(14)12-6-8-18-9-7-12/h6-9,14,17,19H,1-5,10-11H2/t14-,17+/m0/s1. The van der Waals surface area contributed by atoms with Crippen molar-refractivity contribution in [1.29, 1.82) is 0 Å². The normalized spacial score (nSPS) is 24.4. The molecule has 4 rings (SSSR count). The highest BCUT2D eigenvalue weighted by Gasteiger charge is 2.27. The maximum Gasteiger partial charge on any atom is 0.107 e. The highest BCUT2D eigenvalue weighted by molar-refractivity contribution is 7.11. The van der Waals surface area contributed by atoms with Gasteiger partial charge in [-0.15, -0.1) is 11.3 Å². The Kier molecular flexibility index (Phi) is 4.19. The Labute approximate surface area is 135 Å². The fourth-order valence-corrected chi connectivity index (χ4v) is 4.52. The summed E-state index contributed by atoms with van der Waals surface area (Å²) < 4.78 is 6.02. The van der Waals surface area contributed by atoms with Gasteiger partial charge >= 0.3 is 0 Å². The molecule has 0 bridgehead atoms. The van der Waals surface area contributed by atoms with Gasteiger partial charge in [0.2, 0.25) is 0 Å². The molecule has 1 fully saturated rings. The fourth-order valence-electron chi connectivity index (χ4n) is 3.41. The number of nitrogens with one attached hydrogen (secondary N) is 1. The Bertz CT molecular complexity index is 607. The van der Waals surface area contributed by atoms with Crippen LogP contribution in [0.2, 0.25) is 0 Å². The van der Waals surface area contributed by atoms with Crippen molar-refractivity contribution >= 4 is 11.3 Å². The van der Waals surface area contributed by atoms with E-state index in [0.717, 1.165) is 32.4 Å². The quantitative estimate of drug-likeness (QED) is 0.942. The SMILES string of the molecule is c1cc([C@H]2OCCC[C@@H]2NCc2nc3c(s2)CCC3)ccn1. The molecule has 0 aromatic carbocycles. The Morgan fingerprint density at radius 3 is 3.00 bits per heavy atom. The van der Waals surface area contributed by atoms with Crippen molar-refractivity contribution in [3.63, 3.8) is 0 Å². The molecule has 2 aromatic rings. The predicted molar refractivity (Wildman–Crippen MR) is 86.9 cm³/mol.